The summed E-state index contributed by atoms with van der Waals surface area (Å²) in [4.78, 5) is 0. The maximum absolute atomic E-state index is 7.49. The maximum atomic E-state index is 7.49. The molecule has 0 amide bonds. The number of hydrogen-bond acceptors (Lipinski definition) is 3. The molecule has 13 heavy (non-hydrogen) atoms. The van der Waals surface area contributed by atoms with E-state index < -0.39 is 0 Å². The lowest BCUT2D eigenvalue weighted by Gasteiger charge is -2.26. The van der Waals surface area contributed by atoms with E-state index in [1.165, 1.54) is 0 Å². The second kappa shape index (κ2) is 5.35. The standard InChI is InChI=1S/C10H20N2O/c1-8(7-13-2)12-10-5-3-9(11)4-6-10/h8,10-12H,3-7H2,1-2H3/t8-,10?/m1/s1. The van der Waals surface area contributed by atoms with Crippen LogP contribution in [0.25, 0.3) is 0 Å². The third-order valence-corrected chi connectivity index (χ3v) is 2.53. The van der Waals surface area contributed by atoms with Gasteiger partial charge in [0.1, 0.15) is 0 Å². The molecule has 0 aromatic carbocycles. The SMILES string of the molecule is COC[C@@H](C)NC1CCC(=N)CC1. The minimum atomic E-state index is 0.433. The highest BCUT2D eigenvalue weighted by Gasteiger charge is 2.17. The Morgan fingerprint density at radius 3 is 2.69 bits per heavy atom. The molecule has 0 aliphatic heterocycles. The third-order valence-electron chi connectivity index (χ3n) is 2.53. The fraction of sp³-hybridized carbons (Fsp3) is 0.900. The molecule has 76 valence electrons. The first kappa shape index (κ1) is 10.7. The Kier molecular flexibility index (Phi) is 4.39. The monoisotopic (exact) mass is 184 g/mol. The fourth-order valence-corrected chi connectivity index (χ4v) is 1.83. The number of methoxy groups -OCH3 is 1. The molecule has 1 aliphatic carbocycles. The summed E-state index contributed by atoms with van der Waals surface area (Å²) in [7, 11) is 1.73. The van der Waals surface area contributed by atoms with Crippen LogP contribution >= 0.6 is 0 Å². The summed E-state index contributed by atoms with van der Waals surface area (Å²) in [5.74, 6) is 0. The molecule has 3 heteroatoms. The summed E-state index contributed by atoms with van der Waals surface area (Å²) in [6.07, 6.45) is 4.18. The predicted octanol–water partition coefficient (Wildman–Crippen LogP) is 1.57. The molecule has 1 fully saturated rings. The van der Waals surface area contributed by atoms with Gasteiger partial charge in [0.25, 0.3) is 0 Å². The molecular formula is C10H20N2O. The Bertz CT molecular complexity index is 160. The second-order valence-corrected chi connectivity index (χ2v) is 3.90. The number of rotatable bonds is 4. The summed E-state index contributed by atoms with van der Waals surface area (Å²) >= 11 is 0. The molecule has 0 saturated heterocycles. The molecule has 2 N–H and O–H groups in total. The number of hydrogen-bond donors (Lipinski definition) is 2. The Labute approximate surface area is 80.4 Å². The van der Waals surface area contributed by atoms with Crippen molar-refractivity contribution < 1.29 is 4.74 Å². The van der Waals surface area contributed by atoms with Gasteiger partial charge in [-0.25, -0.2) is 0 Å². The highest BCUT2D eigenvalue weighted by Crippen LogP contribution is 2.15. The van der Waals surface area contributed by atoms with Crippen molar-refractivity contribution in [3.05, 3.63) is 0 Å². The topological polar surface area (TPSA) is 45.1 Å². The van der Waals surface area contributed by atoms with Gasteiger partial charge in [0.2, 0.25) is 0 Å². The third kappa shape index (κ3) is 3.87. The van der Waals surface area contributed by atoms with E-state index in [9.17, 15) is 0 Å². The van der Waals surface area contributed by atoms with Crippen molar-refractivity contribution in [2.24, 2.45) is 0 Å². The van der Waals surface area contributed by atoms with Gasteiger partial charge >= 0.3 is 0 Å². The Hall–Kier alpha value is -0.410. The molecule has 0 aromatic heterocycles. The smallest absolute Gasteiger partial charge is 0.0613 e. The zero-order valence-corrected chi connectivity index (χ0v) is 8.60. The zero-order chi connectivity index (χ0) is 9.68. The quantitative estimate of drug-likeness (QED) is 0.696. The molecule has 0 unspecified atom stereocenters. The van der Waals surface area contributed by atoms with E-state index in [4.69, 9.17) is 10.1 Å². The minimum absolute atomic E-state index is 0.433. The Morgan fingerprint density at radius 1 is 1.54 bits per heavy atom. The Balaban J connectivity index is 2.18. The molecule has 0 heterocycles. The summed E-state index contributed by atoms with van der Waals surface area (Å²) < 4.78 is 5.06. The van der Waals surface area contributed by atoms with Gasteiger partial charge in [0, 0.05) is 24.9 Å². The van der Waals surface area contributed by atoms with Crippen molar-refractivity contribution >= 4 is 5.71 Å². The lowest BCUT2D eigenvalue weighted by molar-refractivity contribution is 0.164. The van der Waals surface area contributed by atoms with E-state index in [2.05, 4.69) is 12.2 Å². The van der Waals surface area contributed by atoms with Gasteiger partial charge in [-0.2, -0.15) is 0 Å². The van der Waals surface area contributed by atoms with E-state index >= 15 is 0 Å². The highest BCUT2D eigenvalue weighted by atomic mass is 16.5. The fourth-order valence-electron chi connectivity index (χ4n) is 1.83. The molecular weight excluding hydrogens is 164 g/mol. The van der Waals surface area contributed by atoms with Crippen molar-refractivity contribution in [2.75, 3.05) is 13.7 Å². The van der Waals surface area contributed by atoms with Gasteiger partial charge in [-0.15, -0.1) is 0 Å². The van der Waals surface area contributed by atoms with Crippen LogP contribution in [0.5, 0.6) is 0 Å². The zero-order valence-electron chi connectivity index (χ0n) is 8.60. The average Bonchev–Trinajstić information content (AvgIpc) is 2.09. The van der Waals surface area contributed by atoms with Crippen LogP contribution in [0.4, 0.5) is 0 Å². The first-order valence-corrected chi connectivity index (χ1v) is 5.03. The number of ether oxygens (including phenoxy) is 1. The van der Waals surface area contributed by atoms with Crippen LogP contribution < -0.4 is 5.32 Å². The van der Waals surface area contributed by atoms with Gasteiger partial charge in [-0.05, 0) is 32.6 Å². The van der Waals surface area contributed by atoms with Crippen LogP contribution in [0.1, 0.15) is 32.6 Å². The summed E-state index contributed by atoms with van der Waals surface area (Å²) in [5, 5.41) is 11.0. The molecule has 1 aliphatic rings. The largest absolute Gasteiger partial charge is 0.383 e. The van der Waals surface area contributed by atoms with E-state index in [1.54, 1.807) is 7.11 Å². The van der Waals surface area contributed by atoms with Crippen molar-refractivity contribution in [2.45, 2.75) is 44.7 Å². The van der Waals surface area contributed by atoms with Crippen LogP contribution in [0.15, 0.2) is 0 Å². The lowest BCUT2D eigenvalue weighted by Crippen LogP contribution is -2.41. The van der Waals surface area contributed by atoms with E-state index in [1.807, 2.05) is 0 Å². The first-order valence-electron chi connectivity index (χ1n) is 5.03. The van der Waals surface area contributed by atoms with Crippen LogP contribution in [0.2, 0.25) is 0 Å². The summed E-state index contributed by atoms with van der Waals surface area (Å²) in [5.41, 5.74) is 0.914. The van der Waals surface area contributed by atoms with Crippen molar-refractivity contribution in [1.29, 1.82) is 5.41 Å². The summed E-state index contributed by atoms with van der Waals surface area (Å²) in [6.45, 7) is 2.91. The number of nitrogens with one attached hydrogen (secondary N) is 2. The van der Waals surface area contributed by atoms with E-state index in [-0.39, 0.29) is 0 Å². The molecule has 0 bridgehead atoms. The molecule has 0 radical (unpaired) electrons. The molecule has 3 nitrogen and oxygen atoms in total. The van der Waals surface area contributed by atoms with Gasteiger partial charge in [-0.1, -0.05) is 0 Å². The average molecular weight is 184 g/mol. The van der Waals surface area contributed by atoms with Crippen LogP contribution in [-0.2, 0) is 4.74 Å². The van der Waals surface area contributed by atoms with E-state index in [0.717, 1.165) is 38.0 Å². The molecule has 1 atom stereocenters. The van der Waals surface area contributed by atoms with Crippen molar-refractivity contribution in [3.8, 4) is 0 Å². The molecule has 0 spiro atoms. The maximum Gasteiger partial charge on any atom is 0.0613 e. The van der Waals surface area contributed by atoms with Gasteiger partial charge in [0.15, 0.2) is 0 Å². The second-order valence-electron chi connectivity index (χ2n) is 3.90. The highest BCUT2D eigenvalue weighted by molar-refractivity contribution is 5.82. The molecule has 1 saturated carbocycles. The Morgan fingerprint density at radius 2 is 2.15 bits per heavy atom. The minimum Gasteiger partial charge on any atom is -0.383 e. The molecule has 0 aromatic rings. The van der Waals surface area contributed by atoms with Crippen molar-refractivity contribution in [1.82, 2.24) is 5.32 Å². The van der Waals surface area contributed by atoms with Crippen LogP contribution in [0, 0.1) is 5.41 Å². The van der Waals surface area contributed by atoms with Gasteiger partial charge in [0.05, 0.1) is 6.61 Å². The first-order chi connectivity index (χ1) is 6.22. The summed E-state index contributed by atoms with van der Waals surface area (Å²) in [6, 6.07) is 1.03. The van der Waals surface area contributed by atoms with Crippen molar-refractivity contribution in [3.63, 3.8) is 0 Å². The van der Waals surface area contributed by atoms with Crippen LogP contribution in [0.3, 0.4) is 0 Å². The predicted molar refractivity (Wildman–Crippen MR) is 54.5 cm³/mol. The van der Waals surface area contributed by atoms with E-state index in [0.29, 0.717) is 12.1 Å². The normalized spacial score (nSPS) is 26.0. The van der Waals surface area contributed by atoms with Crippen LogP contribution in [-0.4, -0.2) is 31.5 Å². The lowest BCUT2D eigenvalue weighted by atomic mass is 9.93. The molecule has 1 rings (SSSR count). The van der Waals surface area contributed by atoms with Gasteiger partial charge in [-0.3, -0.25) is 0 Å². The van der Waals surface area contributed by atoms with Gasteiger partial charge < -0.3 is 15.5 Å².